The number of sulfonamides is 1. The molecule has 192 valence electrons. The third-order valence-corrected chi connectivity index (χ3v) is 9.65. The Kier molecular flexibility index (Phi) is 7.07. The molecule has 1 N–H and O–H groups in total. The van der Waals surface area contributed by atoms with Gasteiger partial charge >= 0.3 is 0 Å². The molecule has 0 amide bonds. The average molecular weight is 511 g/mol. The lowest BCUT2D eigenvalue weighted by Crippen LogP contribution is -2.45. The summed E-state index contributed by atoms with van der Waals surface area (Å²) in [6.07, 6.45) is 9.53. The van der Waals surface area contributed by atoms with Crippen LogP contribution in [0, 0.1) is 0 Å². The van der Waals surface area contributed by atoms with Crippen LogP contribution in [0.4, 0.5) is 5.95 Å². The van der Waals surface area contributed by atoms with Gasteiger partial charge in [0.15, 0.2) is 0 Å². The highest BCUT2D eigenvalue weighted by Crippen LogP contribution is 2.31. The third kappa shape index (κ3) is 5.01. The van der Waals surface area contributed by atoms with Gasteiger partial charge in [0.25, 0.3) is 5.56 Å². The minimum atomic E-state index is -3.24. The van der Waals surface area contributed by atoms with Crippen molar-refractivity contribution in [1.29, 1.82) is 0 Å². The van der Waals surface area contributed by atoms with Crippen molar-refractivity contribution in [3.05, 3.63) is 58.3 Å². The van der Waals surface area contributed by atoms with Crippen molar-refractivity contribution in [2.24, 2.45) is 0 Å². The fraction of sp³-hybridized carbons (Fsp3) is 0.538. The van der Waals surface area contributed by atoms with Gasteiger partial charge in [0.05, 0.1) is 5.25 Å². The van der Waals surface area contributed by atoms with E-state index >= 15 is 0 Å². The zero-order chi connectivity index (χ0) is 25.3. The minimum absolute atomic E-state index is 0.00287. The molecular weight excluding hydrogens is 476 g/mol. The molecule has 9 nitrogen and oxygen atoms in total. The average Bonchev–Trinajstić information content (AvgIpc) is 3.40. The maximum atomic E-state index is 13.7. The second-order valence-corrected chi connectivity index (χ2v) is 12.7. The Labute approximate surface area is 212 Å². The van der Waals surface area contributed by atoms with Crippen LogP contribution in [0.5, 0.6) is 0 Å². The van der Waals surface area contributed by atoms with Gasteiger partial charge in [0.1, 0.15) is 5.65 Å². The van der Waals surface area contributed by atoms with Crippen molar-refractivity contribution < 1.29 is 8.42 Å². The predicted molar refractivity (Wildman–Crippen MR) is 141 cm³/mol. The van der Waals surface area contributed by atoms with Crippen LogP contribution < -0.4 is 10.9 Å². The lowest BCUT2D eigenvalue weighted by molar-refractivity contribution is 0.326. The first-order valence-electron chi connectivity index (χ1n) is 12.9. The van der Waals surface area contributed by atoms with Crippen LogP contribution in [0.1, 0.15) is 69.7 Å². The quantitative estimate of drug-likeness (QED) is 0.518. The Balaban J connectivity index is 1.42. The van der Waals surface area contributed by atoms with E-state index in [4.69, 9.17) is 4.98 Å². The predicted octanol–water partition coefficient (Wildman–Crippen LogP) is 3.51. The highest BCUT2D eigenvalue weighted by molar-refractivity contribution is 7.89. The van der Waals surface area contributed by atoms with Gasteiger partial charge in [0, 0.05) is 60.6 Å². The topological polar surface area (TPSA) is 110 Å². The Bertz CT molecular complexity index is 1380. The zero-order valence-corrected chi connectivity index (χ0v) is 21.7. The summed E-state index contributed by atoms with van der Waals surface area (Å²) in [5.74, 6) is 0.483. The summed E-state index contributed by atoms with van der Waals surface area (Å²) >= 11 is 0. The van der Waals surface area contributed by atoms with Crippen molar-refractivity contribution in [2.45, 2.75) is 76.1 Å². The van der Waals surface area contributed by atoms with Crippen molar-refractivity contribution in [2.75, 3.05) is 18.4 Å². The highest BCUT2D eigenvalue weighted by Gasteiger charge is 2.30. The van der Waals surface area contributed by atoms with Crippen LogP contribution >= 0.6 is 0 Å². The van der Waals surface area contributed by atoms with Gasteiger partial charge < -0.3 is 5.32 Å². The summed E-state index contributed by atoms with van der Waals surface area (Å²) in [6, 6.07) is 7.85. The molecule has 0 spiro atoms. The van der Waals surface area contributed by atoms with Crippen LogP contribution in [-0.4, -0.2) is 56.6 Å². The number of anilines is 1. The number of hydrogen-bond acceptors (Lipinski definition) is 7. The fourth-order valence-corrected chi connectivity index (χ4v) is 6.62. The summed E-state index contributed by atoms with van der Waals surface area (Å²) in [5, 5.41) is 3.82. The number of piperidine rings is 1. The molecule has 0 bridgehead atoms. The molecule has 3 aromatic rings. The molecule has 1 saturated carbocycles. The van der Waals surface area contributed by atoms with Gasteiger partial charge in [-0.15, -0.1) is 0 Å². The summed E-state index contributed by atoms with van der Waals surface area (Å²) in [6.45, 7) is 4.40. The van der Waals surface area contributed by atoms with E-state index in [9.17, 15) is 13.2 Å². The van der Waals surface area contributed by atoms with Crippen LogP contribution in [0.15, 0.2) is 41.5 Å². The molecule has 1 saturated heterocycles. The van der Waals surface area contributed by atoms with Crippen molar-refractivity contribution in [3.8, 4) is 0 Å². The van der Waals surface area contributed by atoms with E-state index in [-0.39, 0.29) is 17.6 Å². The summed E-state index contributed by atoms with van der Waals surface area (Å²) in [7, 11) is -3.24. The number of pyridine rings is 2. The van der Waals surface area contributed by atoms with Crippen molar-refractivity contribution >= 4 is 27.0 Å². The van der Waals surface area contributed by atoms with Crippen LogP contribution in [0.2, 0.25) is 0 Å². The van der Waals surface area contributed by atoms with Crippen LogP contribution in [0.25, 0.3) is 11.0 Å². The van der Waals surface area contributed by atoms with E-state index < -0.39 is 15.3 Å². The third-order valence-electron chi connectivity index (χ3n) is 7.38. The number of nitrogens with one attached hydrogen (secondary N) is 1. The van der Waals surface area contributed by atoms with Crippen molar-refractivity contribution in [3.63, 3.8) is 0 Å². The second-order valence-electron chi connectivity index (χ2n) is 10.2. The smallest absolute Gasteiger partial charge is 0.256 e. The molecule has 2 fully saturated rings. The highest BCUT2D eigenvalue weighted by atomic mass is 32.2. The number of hydrogen-bond donors (Lipinski definition) is 1. The molecular formula is C26H34N6O3S. The SMILES string of the molecule is CC(C)S(=O)(=O)N1CCC(Nc2ncc3cc(Cc4ccccn4)c(=O)n(C4CCCC4)c3n2)CC1. The van der Waals surface area contributed by atoms with E-state index in [1.54, 1.807) is 30.5 Å². The molecule has 4 heterocycles. The standard InChI is InChI=1S/C26H34N6O3S/c1-18(2)36(34,35)31-13-10-21(11-14-31)29-26-28-17-20-15-19(16-22-7-5-6-12-27-22)25(33)32(24(20)30-26)23-8-3-4-9-23/h5-7,12,15,17-18,21,23H,3-4,8-11,13-14,16H2,1-2H3,(H,28,29,30). The van der Waals surface area contributed by atoms with E-state index in [1.165, 1.54) is 0 Å². The summed E-state index contributed by atoms with van der Waals surface area (Å²) < 4.78 is 28.4. The first kappa shape index (κ1) is 24.8. The van der Waals surface area contributed by atoms with E-state index in [0.717, 1.165) is 36.8 Å². The Morgan fingerprint density at radius 2 is 1.83 bits per heavy atom. The van der Waals surface area contributed by atoms with Crippen molar-refractivity contribution in [1.82, 2.24) is 23.8 Å². The molecule has 0 unspecified atom stereocenters. The van der Waals surface area contributed by atoms with Gasteiger partial charge in [0.2, 0.25) is 16.0 Å². The second kappa shape index (κ2) is 10.3. The van der Waals surface area contributed by atoms with Crippen LogP contribution in [0.3, 0.4) is 0 Å². The maximum Gasteiger partial charge on any atom is 0.256 e. The molecule has 10 heteroatoms. The van der Waals surface area contributed by atoms with E-state index in [0.29, 0.717) is 49.5 Å². The molecule has 0 radical (unpaired) electrons. The van der Waals surface area contributed by atoms with Gasteiger partial charge in [-0.1, -0.05) is 18.9 Å². The minimum Gasteiger partial charge on any atom is -0.351 e. The lowest BCUT2D eigenvalue weighted by atomic mass is 10.1. The molecule has 3 aromatic heterocycles. The van der Waals surface area contributed by atoms with Gasteiger partial charge in [-0.2, -0.15) is 4.98 Å². The molecule has 1 aliphatic heterocycles. The Hall–Kier alpha value is -2.85. The molecule has 1 aliphatic carbocycles. The monoisotopic (exact) mass is 510 g/mol. The van der Waals surface area contributed by atoms with Gasteiger partial charge in [-0.3, -0.25) is 14.3 Å². The van der Waals surface area contributed by atoms with E-state index in [2.05, 4.69) is 15.3 Å². The fourth-order valence-electron chi connectivity index (χ4n) is 5.31. The number of nitrogens with zero attached hydrogens (tertiary/aromatic N) is 5. The summed E-state index contributed by atoms with van der Waals surface area (Å²) in [5.41, 5.74) is 2.22. The normalized spacial score (nSPS) is 18.3. The van der Waals surface area contributed by atoms with Gasteiger partial charge in [-0.25, -0.2) is 17.7 Å². The molecule has 36 heavy (non-hydrogen) atoms. The lowest BCUT2D eigenvalue weighted by Gasteiger charge is -2.32. The Morgan fingerprint density at radius 1 is 1.08 bits per heavy atom. The zero-order valence-electron chi connectivity index (χ0n) is 20.9. The maximum absolute atomic E-state index is 13.7. The largest absolute Gasteiger partial charge is 0.351 e. The van der Waals surface area contributed by atoms with Crippen LogP contribution in [-0.2, 0) is 16.4 Å². The van der Waals surface area contributed by atoms with Gasteiger partial charge in [-0.05, 0) is 57.7 Å². The number of aromatic nitrogens is 4. The number of rotatable bonds is 7. The molecule has 0 atom stereocenters. The number of fused-ring (bicyclic) bond motifs is 1. The first-order chi connectivity index (χ1) is 17.3. The van der Waals surface area contributed by atoms with E-state index in [1.807, 2.05) is 28.8 Å². The molecule has 0 aromatic carbocycles. The molecule has 2 aliphatic rings. The first-order valence-corrected chi connectivity index (χ1v) is 14.4. The Morgan fingerprint density at radius 3 is 2.50 bits per heavy atom. The molecule has 5 rings (SSSR count). The summed E-state index contributed by atoms with van der Waals surface area (Å²) in [4.78, 5) is 27.4.